The lowest BCUT2D eigenvalue weighted by atomic mass is 10.0. The SMILES string of the molecule is Cl.O=C(c1cc(C2CC2)[nH]n1)N1CCNCC1c1cccc(Cl)c1. The Hall–Kier alpha value is -1.56. The number of amides is 1. The second-order valence-electron chi connectivity index (χ2n) is 6.26. The fourth-order valence-electron chi connectivity index (χ4n) is 3.16. The summed E-state index contributed by atoms with van der Waals surface area (Å²) in [7, 11) is 0. The quantitative estimate of drug-likeness (QED) is 0.876. The van der Waals surface area contributed by atoms with Crippen molar-refractivity contribution in [3.05, 3.63) is 52.3 Å². The number of carbonyl (C=O) groups is 1. The molecule has 1 unspecified atom stereocenters. The summed E-state index contributed by atoms with van der Waals surface area (Å²) >= 11 is 6.11. The zero-order valence-electron chi connectivity index (χ0n) is 13.2. The van der Waals surface area contributed by atoms with Crippen molar-refractivity contribution in [3.8, 4) is 0 Å². The summed E-state index contributed by atoms with van der Waals surface area (Å²) in [5, 5.41) is 11.3. The summed E-state index contributed by atoms with van der Waals surface area (Å²) in [6, 6.07) is 9.62. The molecule has 1 aromatic heterocycles. The van der Waals surface area contributed by atoms with Crippen molar-refractivity contribution in [2.24, 2.45) is 0 Å². The van der Waals surface area contributed by atoms with E-state index in [2.05, 4.69) is 15.5 Å². The molecule has 128 valence electrons. The predicted molar refractivity (Wildman–Crippen MR) is 95.9 cm³/mol. The van der Waals surface area contributed by atoms with Crippen LogP contribution < -0.4 is 5.32 Å². The highest BCUT2D eigenvalue weighted by atomic mass is 35.5. The van der Waals surface area contributed by atoms with Gasteiger partial charge in [0.2, 0.25) is 0 Å². The molecule has 1 amide bonds. The van der Waals surface area contributed by atoms with E-state index in [0.717, 1.165) is 24.3 Å². The minimum Gasteiger partial charge on any atom is -0.328 e. The molecule has 2 fully saturated rings. The molecule has 1 aliphatic heterocycles. The van der Waals surface area contributed by atoms with Gasteiger partial charge in [0.1, 0.15) is 5.69 Å². The fourth-order valence-corrected chi connectivity index (χ4v) is 3.35. The van der Waals surface area contributed by atoms with Gasteiger partial charge in [0.05, 0.1) is 6.04 Å². The number of H-pyrrole nitrogens is 1. The molecule has 0 bridgehead atoms. The summed E-state index contributed by atoms with van der Waals surface area (Å²) in [6.07, 6.45) is 2.38. The van der Waals surface area contributed by atoms with Crippen LogP contribution in [0, 0.1) is 0 Å². The Morgan fingerprint density at radius 2 is 2.12 bits per heavy atom. The van der Waals surface area contributed by atoms with E-state index < -0.39 is 0 Å². The molecule has 1 saturated carbocycles. The number of halogens is 2. The Balaban J connectivity index is 0.00000169. The topological polar surface area (TPSA) is 61.0 Å². The van der Waals surface area contributed by atoms with Crippen molar-refractivity contribution in [2.75, 3.05) is 19.6 Å². The van der Waals surface area contributed by atoms with Crippen LogP contribution in [-0.2, 0) is 0 Å². The number of nitrogens with one attached hydrogen (secondary N) is 2. The Labute approximate surface area is 152 Å². The smallest absolute Gasteiger partial charge is 0.274 e. The first-order valence-corrected chi connectivity index (χ1v) is 8.42. The third kappa shape index (κ3) is 3.43. The molecular formula is C17H20Cl2N4O. The maximum Gasteiger partial charge on any atom is 0.274 e. The first-order chi connectivity index (χ1) is 11.2. The number of carbonyl (C=O) groups excluding carboxylic acids is 1. The second kappa shape index (κ2) is 7.13. The van der Waals surface area contributed by atoms with Crippen molar-refractivity contribution in [2.45, 2.75) is 24.8 Å². The molecule has 1 aromatic carbocycles. The van der Waals surface area contributed by atoms with E-state index in [9.17, 15) is 4.79 Å². The molecule has 0 radical (unpaired) electrons. The second-order valence-corrected chi connectivity index (χ2v) is 6.69. The summed E-state index contributed by atoms with van der Waals surface area (Å²) in [6.45, 7) is 2.19. The number of hydrogen-bond donors (Lipinski definition) is 2. The number of benzene rings is 1. The largest absolute Gasteiger partial charge is 0.328 e. The molecule has 24 heavy (non-hydrogen) atoms. The van der Waals surface area contributed by atoms with Crippen molar-refractivity contribution < 1.29 is 4.79 Å². The molecule has 2 heterocycles. The normalized spacial score (nSPS) is 20.5. The Morgan fingerprint density at radius 3 is 2.88 bits per heavy atom. The molecule has 1 aliphatic carbocycles. The van der Waals surface area contributed by atoms with Crippen LogP contribution in [0.5, 0.6) is 0 Å². The van der Waals surface area contributed by atoms with Crippen molar-refractivity contribution in [1.29, 1.82) is 0 Å². The molecule has 5 nitrogen and oxygen atoms in total. The van der Waals surface area contributed by atoms with Gasteiger partial charge in [-0.05, 0) is 36.6 Å². The average molecular weight is 367 g/mol. The molecule has 2 N–H and O–H groups in total. The van der Waals surface area contributed by atoms with E-state index in [-0.39, 0.29) is 24.4 Å². The summed E-state index contributed by atoms with van der Waals surface area (Å²) in [5.74, 6) is 0.551. The highest BCUT2D eigenvalue weighted by Gasteiger charge is 2.32. The summed E-state index contributed by atoms with van der Waals surface area (Å²) in [4.78, 5) is 14.8. The number of aromatic nitrogens is 2. The van der Waals surface area contributed by atoms with E-state index >= 15 is 0 Å². The summed E-state index contributed by atoms with van der Waals surface area (Å²) in [5.41, 5.74) is 2.65. The van der Waals surface area contributed by atoms with Gasteiger partial charge in [0.25, 0.3) is 5.91 Å². The van der Waals surface area contributed by atoms with Crippen LogP contribution in [0.25, 0.3) is 0 Å². The highest BCUT2D eigenvalue weighted by Crippen LogP contribution is 2.39. The first-order valence-electron chi connectivity index (χ1n) is 8.05. The number of aromatic amines is 1. The maximum atomic E-state index is 12.9. The molecule has 4 rings (SSSR count). The van der Waals surface area contributed by atoms with Gasteiger partial charge >= 0.3 is 0 Å². The molecule has 2 aromatic rings. The number of hydrogen-bond acceptors (Lipinski definition) is 3. The van der Waals surface area contributed by atoms with Crippen LogP contribution in [-0.4, -0.2) is 40.6 Å². The van der Waals surface area contributed by atoms with Crippen LogP contribution in [0.4, 0.5) is 0 Å². The summed E-state index contributed by atoms with van der Waals surface area (Å²) < 4.78 is 0. The first kappa shape index (κ1) is 17.3. The van der Waals surface area contributed by atoms with Gasteiger partial charge < -0.3 is 10.2 Å². The lowest BCUT2D eigenvalue weighted by Gasteiger charge is -2.36. The minimum atomic E-state index is -0.0176. The van der Waals surface area contributed by atoms with Gasteiger partial charge in [-0.3, -0.25) is 9.89 Å². The third-order valence-electron chi connectivity index (χ3n) is 4.57. The zero-order valence-corrected chi connectivity index (χ0v) is 14.7. The number of rotatable bonds is 3. The molecule has 1 atom stereocenters. The predicted octanol–water partition coefficient (Wildman–Crippen LogP) is 3.15. The van der Waals surface area contributed by atoms with E-state index in [1.807, 2.05) is 35.2 Å². The van der Waals surface area contributed by atoms with E-state index in [0.29, 0.717) is 23.2 Å². The Kier molecular flexibility index (Phi) is 5.13. The van der Waals surface area contributed by atoms with Gasteiger partial charge in [-0.25, -0.2) is 0 Å². The molecule has 0 spiro atoms. The van der Waals surface area contributed by atoms with Crippen LogP contribution in [0.15, 0.2) is 30.3 Å². The highest BCUT2D eigenvalue weighted by molar-refractivity contribution is 6.30. The van der Waals surface area contributed by atoms with Crippen molar-refractivity contribution >= 4 is 29.9 Å². The van der Waals surface area contributed by atoms with E-state index in [1.54, 1.807) is 0 Å². The monoisotopic (exact) mass is 366 g/mol. The average Bonchev–Trinajstić information content (AvgIpc) is 3.31. The lowest BCUT2D eigenvalue weighted by Crippen LogP contribution is -2.48. The fraction of sp³-hybridized carbons (Fsp3) is 0.412. The molecule has 1 saturated heterocycles. The Morgan fingerprint density at radius 1 is 1.29 bits per heavy atom. The van der Waals surface area contributed by atoms with Crippen molar-refractivity contribution in [1.82, 2.24) is 20.4 Å². The van der Waals surface area contributed by atoms with Crippen LogP contribution >= 0.6 is 24.0 Å². The molecule has 2 aliphatic rings. The van der Waals surface area contributed by atoms with Gasteiger partial charge in [-0.2, -0.15) is 5.10 Å². The van der Waals surface area contributed by atoms with E-state index in [1.165, 1.54) is 12.8 Å². The lowest BCUT2D eigenvalue weighted by molar-refractivity contribution is 0.0628. The van der Waals surface area contributed by atoms with Crippen LogP contribution in [0.3, 0.4) is 0 Å². The maximum absolute atomic E-state index is 12.9. The zero-order chi connectivity index (χ0) is 15.8. The Bertz CT molecular complexity index is 729. The molecule has 7 heteroatoms. The minimum absolute atomic E-state index is 0. The van der Waals surface area contributed by atoms with Gasteiger partial charge in [-0.15, -0.1) is 12.4 Å². The van der Waals surface area contributed by atoms with Gasteiger partial charge in [-0.1, -0.05) is 23.7 Å². The standard InChI is InChI=1S/C17H19ClN4O.ClH/c18-13-3-1-2-12(8-13)16-10-19-6-7-22(16)17(23)15-9-14(20-21-15)11-4-5-11;/h1-3,8-9,11,16,19H,4-7,10H2,(H,20,21);1H. The van der Waals surface area contributed by atoms with Crippen LogP contribution in [0.2, 0.25) is 5.02 Å². The number of nitrogens with zero attached hydrogens (tertiary/aromatic N) is 2. The van der Waals surface area contributed by atoms with Crippen LogP contribution in [0.1, 0.15) is 46.5 Å². The van der Waals surface area contributed by atoms with Crippen molar-refractivity contribution in [3.63, 3.8) is 0 Å². The molecular weight excluding hydrogens is 347 g/mol. The van der Waals surface area contributed by atoms with E-state index in [4.69, 9.17) is 11.6 Å². The van der Waals surface area contributed by atoms with Gasteiger partial charge in [0.15, 0.2) is 0 Å². The van der Waals surface area contributed by atoms with Gasteiger partial charge in [0, 0.05) is 36.3 Å². The third-order valence-corrected chi connectivity index (χ3v) is 4.81. The number of piperazine rings is 1.